The van der Waals surface area contributed by atoms with Gasteiger partial charge in [0.25, 0.3) is 5.91 Å². The summed E-state index contributed by atoms with van der Waals surface area (Å²) in [7, 11) is 1.45. The number of amides is 1. The number of pyridine rings is 1. The van der Waals surface area contributed by atoms with Gasteiger partial charge < -0.3 is 20.5 Å². The van der Waals surface area contributed by atoms with Gasteiger partial charge in [-0.3, -0.25) is 10.2 Å². The van der Waals surface area contributed by atoms with Crippen LogP contribution in [0.25, 0.3) is 22.5 Å². The van der Waals surface area contributed by atoms with Crippen LogP contribution in [-0.4, -0.2) is 50.0 Å². The predicted molar refractivity (Wildman–Crippen MR) is 173 cm³/mol. The molecule has 0 atom stereocenters. The number of nitrogens with two attached hydrogens (primary N) is 1. The third kappa shape index (κ3) is 7.41. The predicted octanol–water partition coefficient (Wildman–Crippen LogP) is 5.35. The van der Waals surface area contributed by atoms with Crippen LogP contribution >= 0.6 is 0 Å². The molecule has 234 valence electrons. The van der Waals surface area contributed by atoms with Crippen LogP contribution in [-0.2, 0) is 17.9 Å². The van der Waals surface area contributed by atoms with Crippen molar-refractivity contribution in [2.24, 2.45) is 11.1 Å². The summed E-state index contributed by atoms with van der Waals surface area (Å²) < 4.78 is 12.8. The third-order valence-electron chi connectivity index (χ3n) is 6.90. The number of hydrogen-bond acceptors (Lipinski definition) is 9. The molecule has 3 aromatic carbocycles. The standard InChI is InChI=1S/C34H34N8O4/c1-34(2,3)20-42-31(39-40-41-42)23-12-15-25(27(18-23)33(44)46-19-21-8-6-5-7-9-21)26-16-17-28(45-4)38-29(26)32(43)37-24-13-10-22(11-14-24)30(35)36/h5-18H,19-20H2,1-4H3,(H3,35,36)(H,37,43). The van der Waals surface area contributed by atoms with Crippen molar-refractivity contribution in [2.75, 3.05) is 12.4 Å². The van der Waals surface area contributed by atoms with Gasteiger partial charge in [0.2, 0.25) is 5.88 Å². The molecule has 12 heteroatoms. The Kier molecular flexibility index (Phi) is 9.17. The molecule has 0 aliphatic carbocycles. The first-order valence-corrected chi connectivity index (χ1v) is 14.5. The summed E-state index contributed by atoms with van der Waals surface area (Å²) in [6, 6.07) is 24.4. The Morgan fingerprint density at radius 3 is 2.35 bits per heavy atom. The van der Waals surface area contributed by atoms with Crippen molar-refractivity contribution in [1.82, 2.24) is 25.2 Å². The van der Waals surface area contributed by atoms with Crippen LogP contribution < -0.4 is 15.8 Å². The highest BCUT2D eigenvalue weighted by Crippen LogP contribution is 2.33. The lowest BCUT2D eigenvalue weighted by Gasteiger charge is -2.19. The van der Waals surface area contributed by atoms with E-state index in [0.717, 1.165) is 5.56 Å². The van der Waals surface area contributed by atoms with E-state index in [1.165, 1.54) is 7.11 Å². The maximum atomic E-state index is 13.8. The Morgan fingerprint density at radius 1 is 0.957 bits per heavy atom. The molecule has 4 N–H and O–H groups in total. The number of rotatable bonds is 10. The van der Waals surface area contributed by atoms with Gasteiger partial charge in [-0.25, -0.2) is 14.5 Å². The average Bonchev–Trinajstić information content (AvgIpc) is 3.50. The molecule has 1 amide bonds. The van der Waals surface area contributed by atoms with Crippen molar-refractivity contribution in [1.29, 1.82) is 5.41 Å². The molecule has 0 radical (unpaired) electrons. The van der Waals surface area contributed by atoms with Gasteiger partial charge in [0, 0.05) is 35.0 Å². The minimum atomic E-state index is -0.599. The average molecular weight is 619 g/mol. The molecule has 5 rings (SSSR count). The zero-order valence-electron chi connectivity index (χ0n) is 25.9. The van der Waals surface area contributed by atoms with E-state index in [1.807, 2.05) is 30.3 Å². The van der Waals surface area contributed by atoms with Crippen molar-refractivity contribution in [3.05, 3.63) is 107 Å². The zero-order chi connectivity index (χ0) is 32.8. The number of methoxy groups -OCH3 is 1. The van der Waals surface area contributed by atoms with Gasteiger partial charge >= 0.3 is 5.97 Å². The molecule has 0 saturated heterocycles. The summed E-state index contributed by atoms with van der Waals surface area (Å²) in [4.78, 5) is 31.9. The zero-order valence-corrected chi connectivity index (χ0v) is 25.9. The number of carbonyl (C=O) groups excluding carboxylic acids is 2. The van der Waals surface area contributed by atoms with E-state index in [9.17, 15) is 9.59 Å². The lowest BCUT2D eigenvalue weighted by atomic mass is 9.95. The van der Waals surface area contributed by atoms with Gasteiger partial charge in [-0.15, -0.1) is 5.10 Å². The monoisotopic (exact) mass is 618 g/mol. The van der Waals surface area contributed by atoms with E-state index in [2.05, 4.69) is 46.6 Å². The number of aromatic nitrogens is 5. The van der Waals surface area contributed by atoms with Crippen molar-refractivity contribution in [3.8, 4) is 28.4 Å². The number of nitrogens with one attached hydrogen (secondary N) is 2. The SMILES string of the molecule is COc1ccc(-c2ccc(-c3nnnn3CC(C)(C)C)cc2C(=O)OCc2ccccc2)c(C(=O)Nc2ccc(C(=N)N)cc2)n1. The summed E-state index contributed by atoms with van der Waals surface area (Å²) in [6.07, 6.45) is 0. The van der Waals surface area contributed by atoms with Gasteiger partial charge in [-0.2, -0.15) is 0 Å². The Labute approximate surface area is 266 Å². The van der Waals surface area contributed by atoms with E-state index >= 15 is 0 Å². The molecule has 2 heterocycles. The molecule has 0 aliphatic rings. The second-order valence-electron chi connectivity index (χ2n) is 11.7. The highest BCUT2D eigenvalue weighted by Gasteiger charge is 2.24. The largest absolute Gasteiger partial charge is 0.481 e. The van der Waals surface area contributed by atoms with Crippen molar-refractivity contribution < 1.29 is 19.1 Å². The van der Waals surface area contributed by atoms with Crippen LogP contribution in [0.5, 0.6) is 5.88 Å². The van der Waals surface area contributed by atoms with E-state index in [4.69, 9.17) is 20.6 Å². The fourth-order valence-electron chi connectivity index (χ4n) is 4.72. The van der Waals surface area contributed by atoms with Crippen LogP contribution in [0.2, 0.25) is 0 Å². The summed E-state index contributed by atoms with van der Waals surface area (Å²) >= 11 is 0. The molecule has 2 aromatic heterocycles. The molecular formula is C34H34N8O4. The normalized spacial score (nSPS) is 11.1. The topological polar surface area (TPSA) is 171 Å². The highest BCUT2D eigenvalue weighted by molar-refractivity contribution is 6.09. The molecule has 46 heavy (non-hydrogen) atoms. The molecule has 0 fully saturated rings. The fourth-order valence-corrected chi connectivity index (χ4v) is 4.72. The maximum Gasteiger partial charge on any atom is 0.339 e. The third-order valence-corrected chi connectivity index (χ3v) is 6.90. The summed E-state index contributed by atoms with van der Waals surface area (Å²) in [5.41, 5.74) is 8.89. The van der Waals surface area contributed by atoms with E-state index < -0.39 is 11.9 Å². The second-order valence-corrected chi connectivity index (χ2v) is 11.7. The summed E-state index contributed by atoms with van der Waals surface area (Å²) in [5, 5.41) is 22.7. The number of anilines is 1. The van der Waals surface area contributed by atoms with Gasteiger partial charge in [0.1, 0.15) is 18.1 Å². The first-order chi connectivity index (χ1) is 22.0. The minimum absolute atomic E-state index is 0.0254. The fraction of sp³-hybridized carbons (Fsp3) is 0.206. The van der Waals surface area contributed by atoms with Crippen LogP contribution in [0, 0.1) is 10.8 Å². The number of nitrogens with zero attached hydrogens (tertiary/aromatic N) is 5. The first kappa shape index (κ1) is 31.5. The number of nitrogen functional groups attached to an aromatic ring is 1. The lowest BCUT2D eigenvalue weighted by molar-refractivity contribution is 0.0473. The number of esters is 1. The Hall–Kier alpha value is -5.91. The molecule has 12 nitrogen and oxygen atoms in total. The number of amidine groups is 1. The number of tetrazole rings is 1. The molecule has 0 saturated carbocycles. The van der Waals surface area contributed by atoms with Gasteiger partial charge in [-0.05, 0) is 63.4 Å². The molecule has 0 unspecified atom stereocenters. The van der Waals surface area contributed by atoms with Gasteiger partial charge in [0.15, 0.2) is 5.82 Å². The Bertz CT molecular complexity index is 1880. The number of hydrogen-bond donors (Lipinski definition) is 3. The van der Waals surface area contributed by atoms with E-state index in [0.29, 0.717) is 40.3 Å². The minimum Gasteiger partial charge on any atom is -0.481 e. The first-order valence-electron chi connectivity index (χ1n) is 14.5. The van der Waals surface area contributed by atoms with Crippen LogP contribution in [0.3, 0.4) is 0 Å². The van der Waals surface area contributed by atoms with Crippen molar-refractivity contribution in [3.63, 3.8) is 0 Å². The maximum absolute atomic E-state index is 13.8. The number of ether oxygens (including phenoxy) is 2. The molecular weight excluding hydrogens is 584 g/mol. The van der Waals surface area contributed by atoms with E-state index in [1.54, 1.807) is 59.3 Å². The molecule has 0 aliphatic heterocycles. The summed E-state index contributed by atoms with van der Waals surface area (Å²) in [6.45, 7) is 6.83. The molecule has 0 spiro atoms. The van der Waals surface area contributed by atoms with Crippen LogP contribution in [0.15, 0.2) is 84.9 Å². The van der Waals surface area contributed by atoms with Crippen molar-refractivity contribution in [2.45, 2.75) is 33.9 Å². The molecule has 0 bridgehead atoms. The van der Waals surface area contributed by atoms with Gasteiger partial charge in [-0.1, -0.05) is 63.2 Å². The number of benzene rings is 3. The van der Waals surface area contributed by atoms with Crippen LogP contribution in [0.4, 0.5) is 5.69 Å². The quantitative estimate of drug-likeness (QED) is 0.106. The number of carbonyl (C=O) groups is 2. The van der Waals surface area contributed by atoms with Crippen LogP contribution in [0.1, 0.15) is 52.7 Å². The Morgan fingerprint density at radius 2 is 1.67 bits per heavy atom. The van der Waals surface area contributed by atoms with E-state index in [-0.39, 0.29) is 35.0 Å². The smallest absolute Gasteiger partial charge is 0.339 e. The van der Waals surface area contributed by atoms with Crippen molar-refractivity contribution >= 4 is 23.4 Å². The summed E-state index contributed by atoms with van der Waals surface area (Å²) in [5.74, 6) is -0.522. The Balaban J connectivity index is 1.58. The highest BCUT2D eigenvalue weighted by atomic mass is 16.5. The second kappa shape index (κ2) is 13.4. The molecule has 5 aromatic rings. The lowest BCUT2D eigenvalue weighted by Crippen LogP contribution is -2.18. The van der Waals surface area contributed by atoms with Gasteiger partial charge in [0.05, 0.1) is 12.7 Å².